The molecule has 1 saturated heterocycles. The molecule has 0 aromatic heterocycles. The van der Waals surface area contributed by atoms with Gasteiger partial charge in [-0.25, -0.2) is 0 Å². The second-order valence-corrected chi connectivity index (χ2v) is 7.53. The maximum atomic E-state index is 3.68. The lowest BCUT2D eigenvalue weighted by atomic mass is 10.0. The third-order valence-corrected chi connectivity index (χ3v) is 5.05. The number of piperidine rings is 1. The van der Waals surface area contributed by atoms with E-state index in [0.717, 1.165) is 10.9 Å². The van der Waals surface area contributed by atoms with Gasteiger partial charge >= 0.3 is 0 Å². The number of halogens is 1. The predicted octanol–water partition coefficient (Wildman–Crippen LogP) is 4.23. The van der Waals surface area contributed by atoms with Gasteiger partial charge in [0.15, 0.2) is 0 Å². The minimum Gasteiger partial charge on any atom is -0.313 e. The van der Waals surface area contributed by atoms with Crippen molar-refractivity contribution in [1.29, 1.82) is 0 Å². The molecule has 0 amide bonds. The van der Waals surface area contributed by atoms with Gasteiger partial charge in [-0.3, -0.25) is 4.90 Å². The molecule has 2 rings (SSSR count). The lowest BCUT2D eigenvalue weighted by Gasteiger charge is -2.37. The Kier molecular flexibility index (Phi) is 6.72. The summed E-state index contributed by atoms with van der Waals surface area (Å²) in [5.74, 6) is 0. The summed E-state index contributed by atoms with van der Waals surface area (Å²) in [6.45, 7) is 9.37. The highest BCUT2D eigenvalue weighted by atomic mass is 79.9. The van der Waals surface area contributed by atoms with Crippen molar-refractivity contribution in [3.05, 3.63) is 34.3 Å². The lowest BCUT2D eigenvalue weighted by Crippen LogP contribution is -2.49. The zero-order chi connectivity index (χ0) is 15.2. The maximum Gasteiger partial charge on any atom is 0.0195 e. The molecule has 1 aliphatic heterocycles. The molecule has 2 nitrogen and oxygen atoms in total. The molecule has 21 heavy (non-hydrogen) atoms. The summed E-state index contributed by atoms with van der Waals surface area (Å²) >= 11 is 3.51. The van der Waals surface area contributed by atoms with E-state index in [1.807, 2.05) is 0 Å². The lowest BCUT2D eigenvalue weighted by molar-refractivity contribution is 0.137. The van der Waals surface area contributed by atoms with Crippen LogP contribution in [0.4, 0.5) is 0 Å². The SMILES string of the molecule is CC(C)N(CC1CCCCN1)C(C)Cc1ccc(Br)cc1. The van der Waals surface area contributed by atoms with Crippen LogP contribution in [-0.2, 0) is 6.42 Å². The number of hydrogen-bond acceptors (Lipinski definition) is 2. The molecular formula is C18H29BrN2. The van der Waals surface area contributed by atoms with Crippen LogP contribution in [0.3, 0.4) is 0 Å². The van der Waals surface area contributed by atoms with E-state index >= 15 is 0 Å². The Morgan fingerprint density at radius 2 is 1.90 bits per heavy atom. The van der Waals surface area contributed by atoms with Crippen molar-refractivity contribution in [1.82, 2.24) is 10.2 Å². The highest BCUT2D eigenvalue weighted by molar-refractivity contribution is 9.10. The molecule has 1 aromatic carbocycles. The normalized spacial score (nSPS) is 21.0. The van der Waals surface area contributed by atoms with E-state index in [1.54, 1.807) is 0 Å². The molecule has 0 saturated carbocycles. The Bertz CT molecular complexity index is 410. The summed E-state index contributed by atoms with van der Waals surface area (Å²) in [5.41, 5.74) is 1.42. The molecule has 1 N–H and O–H groups in total. The first-order valence-electron chi connectivity index (χ1n) is 8.30. The minimum absolute atomic E-state index is 0.579. The van der Waals surface area contributed by atoms with Gasteiger partial charge in [0, 0.05) is 29.1 Å². The molecule has 118 valence electrons. The first kappa shape index (κ1) is 17.0. The molecule has 2 unspecified atom stereocenters. The molecule has 0 aliphatic carbocycles. The molecule has 0 bridgehead atoms. The summed E-state index contributed by atoms with van der Waals surface area (Å²) in [6.07, 6.45) is 5.17. The van der Waals surface area contributed by atoms with Gasteiger partial charge < -0.3 is 5.32 Å². The van der Waals surface area contributed by atoms with Gasteiger partial charge in [0.25, 0.3) is 0 Å². The molecule has 1 heterocycles. The average Bonchev–Trinajstić information content (AvgIpc) is 2.48. The van der Waals surface area contributed by atoms with Gasteiger partial charge in [-0.1, -0.05) is 34.5 Å². The maximum absolute atomic E-state index is 3.68. The quantitative estimate of drug-likeness (QED) is 0.823. The Balaban J connectivity index is 1.94. The summed E-state index contributed by atoms with van der Waals surface area (Å²) in [6, 6.07) is 10.6. The summed E-state index contributed by atoms with van der Waals surface area (Å²) in [5, 5.41) is 3.68. The first-order chi connectivity index (χ1) is 10.1. The van der Waals surface area contributed by atoms with Gasteiger partial charge in [-0.05, 0) is 64.3 Å². The van der Waals surface area contributed by atoms with E-state index in [0.29, 0.717) is 18.1 Å². The Morgan fingerprint density at radius 1 is 1.19 bits per heavy atom. The third kappa shape index (κ3) is 5.39. The predicted molar refractivity (Wildman–Crippen MR) is 94.8 cm³/mol. The van der Waals surface area contributed by atoms with Crippen LogP contribution in [0.15, 0.2) is 28.7 Å². The van der Waals surface area contributed by atoms with Crippen molar-refractivity contribution in [3.63, 3.8) is 0 Å². The van der Waals surface area contributed by atoms with Crippen LogP contribution in [0.2, 0.25) is 0 Å². The van der Waals surface area contributed by atoms with E-state index in [4.69, 9.17) is 0 Å². The standard InChI is InChI=1S/C18H29BrN2/c1-14(2)21(13-18-6-4-5-11-20-18)15(3)12-16-7-9-17(19)10-8-16/h7-10,14-15,18,20H,4-6,11-13H2,1-3H3. The van der Waals surface area contributed by atoms with Crippen LogP contribution in [-0.4, -0.2) is 36.1 Å². The summed E-state index contributed by atoms with van der Waals surface area (Å²) in [7, 11) is 0. The molecule has 3 heteroatoms. The van der Waals surface area contributed by atoms with Crippen LogP contribution in [0.25, 0.3) is 0 Å². The number of rotatable bonds is 6. The van der Waals surface area contributed by atoms with Crippen molar-refractivity contribution in [2.24, 2.45) is 0 Å². The zero-order valence-corrected chi connectivity index (χ0v) is 15.2. The van der Waals surface area contributed by atoms with E-state index < -0.39 is 0 Å². The van der Waals surface area contributed by atoms with Crippen molar-refractivity contribution in [2.45, 2.75) is 64.6 Å². The second-order valence-electron chi connectivity index (χ2n) is 6.62. The molecule has 0 radical (unpaired) electrons. The Morgan fingerprint density at radius 3 is 2.48 bits per heavy atom. The second kappa shape index (κ2) is 8.30. The molecular weight excluding hydrogens is 324 g/mol. The summed E-state index contributed by atoms with van der Waals surface area (Å²) < 4.78 is 1.16. The highest BCUT2D eigenvalue weighted by Gasteiger charge is 2.22. The zero-order valence-electron chi connectivity index (χ0n) is 13.6. The van der Waals surface area contributed by atoms with E-state index in [2.05, 4.69) is 71.2 Å². The average molecular weight is 353 g/mol. The van der Waals surface area contributed by atoms with Crippen LogP contribution < -0.4 is 5.32 Å². The fourth-order valence-electron chi connectivity index (χ4n) is 3.31. The molecule has 2 atom stereocenters. The van der Waals surface area contributed by atoms with Crippen molar-refractivity contribution < 1.29 is 0 Å². The monoisotopic (exact) mass is 352 g/mol. The number of hydrogen-bond donors (Lipinski definition) is 1. The largest absolute Gasteiger partial charge is 0.313 e. The van der Waals surface area contributed by atoms with Gasteiger partial charge in [-0.2, -0.15) is 0 Å². The van der Waals surface area contributed by atoms with E-state index in [-0.39, 0.29) is 0 Å². The number of nitrogens with one attached hydrogen (secondary N) is 1. The Labute approximate surface area is 138 Å². The van der Waals surface area contributed by atoms with E-state index in [1.165, 1.54) is 37.9 Å². The molecule has 1 aromatic rings. The molecule has 1 fully saturated rings. The van der Waals surface area contributed by atoms with Gasteiger partial charge in [0.05, 0.1) is 0 Å². The fourth-order valence-corrected chi connectivity index (χ4v) is 3.58. The third-order valence-electron chi connectivity index (χ3n) is 4.52. The first-order valence-corrected chi connectivity index (χ1v) is 9.09. The molecule has 1 aliphatic rings. The highest BCUT2D eigenvalue weighted by Crippen LogP contribution is 2.17. The van der Waals surface area contributed by atoms with Crippen molar-refractivity contribution in [3.8, 4) is 0 Å². The fraction of sp³-hybridized carbons (Fsp3) is 0.667. The van der Waals surface area contributed by atoms with Crippen LogP contribution in [0.5, 0.6) is 0 Å². The topological polar surface area (TPSA) is 15.3 Å². The number of nitrogens with zero attached hydrogens (tertiary/aromatic N) is 1. The van der Waals surface area contributed by atoms with E-state index in [9.17, 15) is 0 Å². The van der Waals surface area contributed by atoms with Crippen LogP contribution in [0, 0.1) is 0 Å². The van der Waals surface area contributed by atoms with Gasteiger partial charge in [0.2, 0.25) is 0 Å². The van der Waals surface area contributed by atoms with Gasteiger partial charge in [0.1, 0.15) is 0 Å². The Hall–Kier alpha value is -0.380. The van der Waals surface area contributed by atoms with Gasteiger partial charge in [-0.15, -0.1) is 0 Å². The van der Waals surface area contributed by atoms with Crippen molar-refractivity contribution in [2.75, 3.05) is 13.1 Å². The van der Waals surface area contributed by atoms with Crippen LogP contribution >= 0.6 is 15.9 Å². The minimum atomic E-state index is 0.579. The van der Waals surface area contributed by atoms with Crippen LogP contribution in [0.1, 0.15) is 45.6 Å². The smallest absolute Gasteiger partial charge is 0.0195 e. The molecule has 0 spiro atoms. The van der Waals surface area contributed by atoms with Crippen molar-refractivity contribution >= 4 is 15.9 Å². The number of benzene rings is 1. The summed E-state index contributed by atoms with van der Waals surface area (Å²) in [4.78, 5) is 2.66.